The molecule has 0 aromatic heterocycles. The summed E-state index contributed by atoms with van der Waals surface area (Å²) in [6.07, 6.45) is 0.0209. The molecule has 0 saturated heterocycles. The van der Waals surface area contributed by atoms with Crippen LogP contribution in [-0.2, 0) is 21.3 Å². The molecule has 5 nitrogen and oxygen atoms in total. The van der Waals surface area contributed by atoms with Crippen molar-refractivity contribution in [1.82, 2.24) is 0 Å². The van der Waals surface area contributed by atoms with Crippen LogP contribution in [0.25, 0.3) is 0 Å². The molecule has 0 radical (unpaired) electrons. The van der Waals surface area contributed by atoms with Gasteiger partial charge in [-0.05, 0) is 41.7 Å². The average molecular weight is 485 g/mol. The normalized spacial score (nSPS) is 12.3. The molecule has 0 spiro atoms. The molecule has 172 valence electrons. The Morgan fingerprint density at radius 2 is 1.81 bits per heavy atom. The van der Waals surface area contributed by atoms with Gasteiger partial charge in [0.2, 0.25) is 0 Å². The Kier molecular flexibility index (Phi) is 7.83. The number of aryl methyl sites for hydroxylation is 1. The van der Waals surface area contributed by atoms with E-state index in [1.165, 1.54) is 20.1 Å². The van der Waals surface area contributed by atoms with Crippen LogP contribution in [0.15, 0.2) is 24.3 Å². The van der Waals surface area contributed by atoms with Gasteiger partial charge in [-0.3, -0.25) is 0 Å². The second-order valence-electron chi connectivity index (χ2n) is 7.02. The largest absolute Gasteiger partial charge is 0.534 e. The number of ether oxygens (including phenoxy) is 2. The van der Waals surface area contributed by atoms with E-state index in [9.17, 15) is 21.6 Å². The number of halogens is 5. The lowest BCUT2D eigenvalue weighted by Crippen LogP contribution is -2.28. The number of methoxy groups -OCH3 is 1. The third-order valence-corrected chi connectivity index (χ3v) is 5.69. The molecule has 0 bridgehead atoms. The van der Waals surface area contributed by atoms with E-state index in [0.717, 1.165) is 12.1 Å². The summed E-state index contributed by atoms with van der Waals surface area (Å²) < 4.78 is 89.6. The highest BCUT2D eigenvalue weighted by atomic mass is 35.5. The van der Waals surface area contributed by atoms with Crippen LogP contribution < -0.4 is 8.92 Å². The number of alkyl halides is 3. The summed E-state index contributed by atoms with van der Waals surface area (Å²) in [4.78, 5) is 0. The van der Waals surface area contributed by atoms with Crippen LogP contribution in [0, 0.1) is 12.7 Å². The Morgan fingerprint density at radius 3 is 2.32 bits per heavy atom. The highest BCUT2D eigenvalue weighted by molar-refractivity contribution is 7.88. The van der Waals surface area contributed by atoms with Gasteiger partial charge in [0.1, 0.15) is 17.3 Å². The zero-order chi connectivity index (χ0) is 23.6. The van der Waals surface area contributed by atoms with Crippen LogP contribution in [-0.4, -0.2) is 27.8 Å². The minimum absolute atomic E-state index is 0.0209. The average Bonchev–Trinajstić information content (AvgIpc) is 2.62. The Hall–Kier alpha value is -2.04. The smallest absolute Gasteiger partial charge is 0.467 e. The minimum atomic E-state index is -5.83. The summed E-state index contributed by atoms with van der Waals surface area (Å²) in [5.41, 5.74) is -4.19. The van der Waals surface area contributed by atoms with Crippen LogP contribution in [0.2, 0.25) is 5.02 Å². The van der Waals surface area contributed by atoms with Gasteiger partial charge in [0.05, 0.1) is 0 Å². The molecule has 0 aliphatic heterocycles. The van der Waals surface area contributed by atoms with E-state index in [0.29, 0.717) is 22.4 Å². The van der Waals surface area contributed by atoms with Crippen LogP contribution in [0.4, 0.5) is 17.6 Å². The second-order valence-corrected chi connectivity index (χ2v) is 8.96. The molecule has 0 saturated carbocycles. The monoisotopic (exact) mass is 484 g/mol. The van der Waals surface area contributed by atoms with Crippen LogP contribution >= 0.6 is 11.6 Å². The van der Waals surface area contributed by atoms with Crippen molar-refractivity contribution in [2.24, 2.45) is 0 Å². The molecule has 0 heterocycles. The molecule has 0 unspecified atom stereocenters. The van der Waals surface area contributed by atoms with Crippen molar-refractivity contribution in [3.63, 3.8) is 0 Å². The maximum atomic E-state index is 15.2. The topological polar surface area (TPSA) is 61.8 Å². The van der Waals surface area contributed by atoms with Gasteiger partial charge in [-0.1, -0.05) is 31.5 Å². The molecule has 31 heavy (non-hydrogen) atoms. The van der Waals surface area contributed by atoms with E-state index in [-0.39, 0.29) is 29.7 Å². The van der Waals surface area contributed by atoms with Gasteiger partial charge in [-0.25, -0.2) is 4.39 Å². The van der Waals surface area contributed by atoms with E-state index in [4.69, 9.17) is 21.1 Å². The molecule has 0 N–H and O–H groups in total. The van der Waals surface area contributed by atoms with Crippen molar-refractivity contribution in [1.29, 1.82) is 0 Å². The first-order chi connectivity index (χ1) is 14.3. The maximum absolute atomic E-state index is 15.2. The van der Waals surface area contributed by atoms with Gasteiger partial charge in [0.25, 0.3) is 0 Å². The van der Waals surface area contributed by atoms with Crippen molar-refractivity contribution < 1.29 is 39.6 Å². The molecular formula is C20H21ClF4O5S. The zero-order valence-corrected chi connectivity index (χ0v) is 18.7. The lowest BCUT2D eigenvalue weighted by atomic mass is 9.94. The first kappa shape index (κ1) is 25.2. The number of hydrogen-bond acceptors (Lipinski definition) is 5. The van der Waals surface area contributed by atoms with Crippen molar-refractivity contribution in [2.75, 3.05) is 13.9 Å². The number of hydrogen-bond donors (Lipinski definition) is 0. The molecule has 0 fully saturated rings. The Labute approximate surface area is 183 Å². The predicted octanol–water partition coefficient (Wildman–Crippen LogP) is 5.71. The first-order valence-electron chi connectivity index (χ1n) is 9.01. The van der Waals surface area contributed by atoms with Gasteiger partial charge < -0.3 is 13.7 Å². The van der Waals surface area contributed by atoms with E-state index in [1.807, 2.05) is 0 Å². The zero-order valence-electron chi connectivity index (χ0n) is 17.1. The Balaban J connectivity index is 2.40. The standard InChI is InChI=1S/C20H21ClF4O5S/c1-11(2)18-17(29-10-28-4)6-5-13(19(18)22)8-15-12(3)7-14(9-16(15)21)30-31(26,27)20(23,24)25/h5-7,9,11H,8,10H2,1-4H3. The summed E-state index contributed by atoms with van der Waals surface area (Å²) in [5, 5.41) is -0.0578. The summed E-state index contributed by atoms with van der Waals surface area (Å²) in [7, 11) is -4.39. The fourth-order valence-corrected chi connectivity index (χ4v) is 3.69. The lowest BCUT2D eigenvalue weighted by Gasteiger charge is -2.18. The molecule has 2 rings (SSSR count). The minimum Gasteiger partial charge on any atom is -0.467 e. The Bertz CT molecular complexity index is 1030. The first-order valence-corrected chi connectivity index (χ1v) is 10.8. The molecule has 0 aliphatic carbocycles. The molecule has 0 atom stereocenters. The van der Waals surface area contributed by atoms with E-state index < -0.39 is 27.2 Å². The summed E-state index contributed by atoms with van der Waals surface area (Å²) in [6, 6.07) is 5.16. The summed E-state index contributed by atoms with van der Waals surface area (Å²) >= 11 is 6.16. The predicted molar refractivity (Wildman–Crippen MR) is 108 cm³/mol. The maximum Gasteiger partial charge on any atom is 0.534 e. The lowest BCUT2D eigenvalue weighted by molar-refractivity contribution is -0.0500. The fraction of sp³-hybridized carbons (Fsp3) is 0.400. The van der Waals surface area contributed by atoms with Gasteiger partial charge in [0.15, 0.2) is 6.79 Å². The molecule has 11 heteroatoms. The van der Waals surface area contributed by atoms with Crippen LogP contribution in [0.1, 0.15) is 42.0 Å². The van der Waals surface area contributed by atoms with E-state index in [2.05, 4.69) is 4.18 Å². The molecule has 2 aromatic carbocycles. The number of benzene rings is 2. The third-order valence-electron chi connectivity index (χ3n) is 4.38. The SMILES string of the molecule is COCOc1ccc(Cc2c(C)cc(OS(=O)(=O)C(F)(F)F)cc2Cl)c(F)c1C(C)C. The van der Waals surface area contributed by atoms with Crippen molar-refractivity contribution in [2.45, 2.75) is 38.6 Å². The van der Waals surface area contributed by atoms with Gasteiger partial charge >= 0.3 is 15.6 Å². The molecular weight excluding hydrogens is 464 g/mol. The molecule has 2 aromatic rings. The summed E-state index contributed by atoms with van der Waals surface area (Å²) in [5.74, 6) is -0.956. The highest BCUT2D eigenvalue weighted by Crippen LogP contribution is 2.35. The van der Waals surface area contributed by atoms with Crippen LogP contribution in [0.3, 0.4) is 0 Å². The third kappa shape index (κ3) is 5.81. The summed E-state index contributed by atoms with van der Waals surface area (Å²) in [6.45, 7) is 5.05. The second kappa shape index (κ2) is 9.62. The molecule has 0 amide bonds. The van der Waals surface area contributed by atoms with Gasteiger partial charge in [0, 0.05) is 30.2 Å². The molecule has 0 aliphatic rings. The van der Waals surface area contributed by atoms with Gasteiger partial charge in [-0.15, -0.1) is 0 Å². The quantitative estimate of drug-likeness (QED) is 0.208. The highest BCUT2D eigenvalue weighted by Gasteiger charge is 2.48. The Morgan fingerprint density at radius 1 is 1.16 bits per heavy atom. The van der Waals surface area contributed by atoms with Crippen molar-refractivity contribution in [3.8, 4) is 11.5 Å². The number of rotatable bonds is 8. The van der Waals surface area contributed by atoms with Crippen LogP contribution in [0.5, 0.6) is 11.5 Å². The van der Waals surface area contributed by atoms with Gasteiger partial charge in [-0.2, -0.15) is 21.6 Å². The van der Waals surface area contributed by atoms with E-state index >= 15 is 4.39 Å². The van der Waals surface area contributed by atoms with E-state index in [1.54, 1.807) is 19.9 Å². The van der Waals surface area contributed by atoms with Crippen molar-refractivity contribution >= 4 is 21.7 Å². The van der Waals surface area contributed by atoms with Crippen molar-refractivity contribution in [3.05, 3.63) is 57.4 Å². The fourth-order valence-electron chi connectivity index (χ4n) is 2.92.